The zero-order chi connectivity index (χ0) is 22.5. The molecule has 0 radical (unpaired) electrons. The third kappa shape index (κ3) is 5.88. The van der Waals surface area contributed by atoms with E-state index in [4.69, 9.17) is 10.1 Å². The highest BCUT2D eigenvalue weighted by molar-refractivity contribution is 7.20. The van der Waals surface area contributed by atoms with Crippen LogP contribution in [0.15, 0.2) is 36.6 Å². The predicted octanol–water partition coefficient (Wildman–Crippen LogP) is 4.43. The minimum Gasteiger partial charge on any atom is -0.347 e. The summed E-state index contributed by atoms with van der Waals surface area (Å²) in [5.41, 5.74) is 2.10. The van der Waals surface area contributed by atoms with Gasteiger partial charge in [-0.2, -0.15) is 0 Å². The summed E-state index contributed by atoms with van der Waals surface area (Å²) in [7, 11) is 2.23. The van der Waals surface area contributed by atoms with Crippen molar-refractivity contribution in [1.82, 2.24) is 24.4 Å². The maximum Gasteiger partial charge on any atom is 0.214 e. The van der Waals surface area contributed by atoms with E-state index in [1.807, 2.05) is 11.4 Å². The van der Waals surface area contributed by atoms with Crippen LogP contribution in [0.3, 0.4) is 0 Å². The molecule has 0 aromatic carbocycles. The molecule has 32 heavy (non-hydrogen) atoms. The molecule has 0 spiro atoms. The average molecular weight is 455 g/mol. The van der Waals surface area contributed by atoms with Crippen molar-refractivity contribution in [3.63, 3.8) is 0 Å². The molecule has 7 heteroatoms. The molecule has 0 saturated carbocycles. The van der Waals surface area contributed by atoms with Crippen molar-refractivity contribution >= 4 is 27.0 Å². The highest BCUT2D eigenvalue weighted by atomic mass is 32.1. The molecular weight excluding hydrogens is 416 g/mol. The van der Waals surface area contributed by atoms with Crippen molar-refractivity contribution in [2.75, 3.05) is 57.8 Å². The van der Waals surface area contributed by atoms with Crippen molar-refractivity contribution in [1.29, 1.82) is 0 Å². The van der Waals surface area contributed by atoms with Gasteiger partial charge in [0.25, 0.3) is 0 Å². The fourth-order valence-corrected chi connectivity index (χ4v) is 5.38. The van der Waals surface area contributed by atoms with Crippen molar-refractivity contribution in [3.8, 4) is 0 Å². The first-order valence-corrected chi connectivity index (χ1v) is 12.9. The number of allylic oxidation sites excluding steroid dienone is 6. The molecule has 0 N–H and O–H groups in total. The van der Waals surface area contributed by atoms with E-state index >= 15 is 0 Å². The second kappa shape index (κ2) is 10.8. The van der Waals surface area contributed by atoms with Gasteiger partial charge in [0.2, 0.25) is 10.1 Å². The lowest BCUT2D eigenvalue weighted by Gasteiger charge is -2.37. The van der Waals surface area contributed by atoms with Crippen LogP contribution in [-0.4, -0.2) is 77.3 Å². The Labute approximate surface area is 196 Å². The number of anilines is 1. The van der Waals surface area contributed by atoms with Gasteiger partial charge < -0.3 is 14.7 Å². The van der Waals surface area contributed by atoms with Crippen LogP contribution in [0.25, 0.3) is 10.5 Å². The van der Waals surface area contributed by atoms with Gasteiger partial charge >= 0.3 is 0 Å². The Morgan fingerprint density at radius 1 is 1.16 bits per heavy atom. The average Bonchev–Trinajstić information content (AvgIpc) is 3.35. The Bertz CT molecular complexity index is 921. The lowest BCUT2D eigenvalue weighted by atomic mass is 9.96. The standard InChI is InChI=1S/C25H38N6S/c1-5-7-22(9-6-8-20(2)3)23-19-31-24(26-23)32-25(27-31)30-12-10-21(11-13-30)18-29-16-14-28(4)15-17-29/h5-9,19-21H,10-18H2,1-4H3/b7-5-,8-6+,22-9+. The Hall–Kier alpha value is -1.96. The van der Waals surface area contributed by atoms with Crippen LogP contribution in [0.1, 0.15) is 39.3 Å². The minimum absolute atomic E-state index is 0.540. The maximum absolute atomic E-state index is 4.87. The topological polar surface area (TPSA) is 39.9 Å². The largest absolute Gasteiger partial charge is 0.347 e. The van der Waals surface area contributed by atoms with Gasteiger partial charge in [0.05, 0.1) is 11.9 Å². The number of piperazine rings is 1. The molecular formula is C25H38N6S. The highest BCUT2D eigenvalue weighted by Crippen LogP contribution is 2.29. The molecule has 2 saturated heterocycles. The molecule has 174 valence electrons. The summed E-state index contributed by atoms with van der Waals surface area (Å²) in [5, 5.41) is 5.98. The molecule has 4 heterocycles. The molecule has 2 aromatic heterocycles. The van der Waals surface area contributed by atoms with E-state index < -0.39 is 0 Å². The van der Waals surface area contributed by atoms with Crippen LogP contribution < -0.4 is 4.90 Å². The van der Waals surface area contributed by atoms with E-state index in [-0.39, 0.29) is 0 Å². The minimum atomic E-state index is 0.540. The number of nitrogens with zero attached hydrogens (tertiary/aromatic N) is 6. The third-order valence-corrected chi connectivity index (χ3v) is 7.43. The number of hydrogen-bond donors (Lipinski definition) is 0. The smallest absolute Gasteiger partial charge is 0.214 e. The van der Waals surface area contributed by atoms with Gasteiger partial charge in [-0.3, -0.25) is 0 Å². The fourth-order valence-electron chi connectivity index (χ4n) is 4.45. The molecule has 2 fully saturated rings. The lowest BCUT2D eigenvalue weighted by molar-refractivity contribution is 0.129. The van der Waals surface area contributed by atoms with E-state index in [1.54, 1.807) is 11.3 Å². The number of likely N-dealkylation sites (N-methyl/N-ethyl adjacent to an activating group) is 1. The van der Waals surface area contributed by atoms with Crippen LogP contribution in [0, 0.1) is 11.8 Å². The third-order valence-electron chi connectivity index (χ3n) is 6.44. The first-order valence-electron chi connectivity index (χ1n) is 12.1. The van der Waals surface area contributed by atoms with Gasteiger partial charge in [-0.25, -0.2) is 9.50 Å². The maximum atomic E-state index is 4.87. The molecule has 2 aliphatic heterocycles. The predicted molar refractivity (Wildman–Crippen MR) is 137 cm³/mol. The number of fused-ring (bicyclic) bond motifs is 1. The summed E-state index contributed by atoms with van der Waals surface area (Å²) >= 11 is 1.71. The Kier molecular flexibility index (Phi) is 7.81. The zero-order valence-electron chi connectivity index (χ0n) is 20.1. The Morgan fingerprint density at radius 2 is 1.91 bits per heavy atom. The number of rotatable bonds is 7. The fraction of sp³-hybridized carbons (Fsp3) is 0.600. The lowest BCUT2D eigenvalue weighted by Crippen LogP contribution is -2.47. The number of aromatic nitrogens is 3. The highest BCUT2D eigenvalue weighted by Gasteiger charge is 2.25. The summed E-state index contributed by atoms with van der Waals surface area (Å²) in [6, 6.07) is 0. The summed E-state index contributed by atoms with van der Waals surface area (Å²) < 4.78 is 1.95. The van der Waals surface area contributed by atoms with Gasteiger partial charge in [0.1, 0.15) is 0 Å². The summed E-state index contributed by atoms with van der Waals surface area (Å²) in [4.78, 5) is 13.4. The molecule has 6 nitrogen and oxygen atoms in total. The van der Waals surface area contributed by atoms with Crippen LogP contribution in [0.2, 0.25) is 0 Å². The van der Waals surface area contributed by atoms with E-state index in [0.717, 1.165) is 40.4 Å². The van der Waals surface area contributed by atoms with Crippen molar-refractivity contribution < 1.29 is 0 Å². The summed E-state index contributed by atoms with van der Waals surface area (Å²) in [6.45, 7) is 14.7. The molecule has 0 amide bonds. The quantitative estimate of drug-likeness (QED) is 0.579. The number of hydrogen-bond acceptors (Lipinski definition) is 6. The molecule has 0 bridgehead atoms. The van der Waals surface area contributed by atoms with Gasteiger partial charge in [-0.1, -0.05) is 55.6 Å². The molecule has 0 aliphatic carbocycles. The Morgan fingerprint density at radius 3 is 2.56 bits per heavy atom. The Balaban J connectivity index is 1.36. The van der Waals surface area contributed by atoms with E-state index in [2.05, 4.69) is 72.2 Å². The van der Waals surface area contributed by atoms with Crippen molar-refractivity contribution in [2.24, 2.45) is 11.8 Å². The number of imidazole rings is 1. The van der Waals surface area contributed by atoms with Crippen molar-refractivity contribution in [2.45, 2.75) is 33.6 Å². The summed E-state index contributed by atoms with van der Waals surface area (Å²) in [5.74, 6) is 1.36. The van der Waals surface area contributed by atoms with E-state index in [0.29, 0.717) is 5.92 Å². The van der Waals surface area contributed by atoms with Gasteiger partial charge in [-0.15, -0.1) is 5.10 Å². The van der Waals surface area contributed by atoms with Crippen molar-refractivity contribution in [3.05, 3.63) is 42.3 Å². The summed E-state index contributed by atoms with van der Waals surface area (Å²) in [6.07, 6.45) is 15.2. The molecule has 4 rings (SSSR count). The molecule has 2 aromatic rings. The number of piperidine rings is 1. The van der Waals surface area contributed by atoms with Gasteiger partial charge in [-0.05, 0) is 38.6 Å². The zero-order valence-corrected chi connectivity index (χ0v) is 20.9. The van der Waals surface area contributed by atoms with E-state index in [9.17, 15) is 0 Å². The normalized spacial score (nSPS) is 20.7. The second-order valence-electron chi connectivity index (χ2n) is 9.52. The molecule has 0 atom stereocenters. The first kappa shape index (κ1) is 23.2. The first-order chi connectivity index (χ1) is 15.5. The monoisotopic (exact) mass is 454 g/mol. The van der Waals surface area contributed by atoms with Crippen LogP contribution >= 0.6 is 11.3 Å². The van der Waals surface area contributed by atoms with Crippen LogP contribution in [0.5, 0.6) is 0 Å². The van der Waals surface area contributed by atoms with E-state index in [1.165, 1.54) is 45.6 Å². The van der Waals surface area contributed by atoms with Gasteiger partial charge in [0, 0.05) is 51.4 Å². The van der Waals surface area contributed by atoms with Crippen LogP contribution in [0.4, 0.5) is 5.13 Å². The van der Waals surface area contributed by atoms with Crippen LogP contribution in [-0.2, 0) is 0 Å². The second-order valence-corrected chi connectivity index (χ2v) is 10.5. The molecule has 2 aliphatic rings. The molecule has 0 unspecified atom stereocenters. The van der Waals surface area contributed by atoms with Gasteiger partial charge in [0.15, 0.2) is 0 Å². The SMILES string of the molecule is C\C=C/C(=C\C=C\C(C)C)c1cn2nc(N3CCC(CN4CCN(C)CC4)CC3)sc2n1.